The van der Waals surface area contributed by atoms with Gasteiger partial charge < -0.3 is 15.1 Å². The Morgan fingerprint density at radius 3 is 1.92 bits per heavy atom. The molecule has 1 fully saturated rings. The maximum Gasteiger partial charge on any atom is 0.416 e. The van der Waals surface area contributed by atoms with Gasteiger partial charge in [-0.05, 0) is 29.7 Å². The lowest BCUT2D eigenvalue weighted by Gasteiger charge is -2.35. The number of carbonyl (C=O) groups is 2. The molecule has 0 radical (unpaired) electrons. The van der Waals surface area contributed by atoms with Gasteiger partial charge in [0.2, 0.25) is 0 Å². The van der Waals surface area contributed by atoms with Gasteiger partial charge in [0.25, 0.3) is 5.91 Å². The normalized spacial score (nSPS) is 15.8. The molecular weight excluding hydrogens is 347 g/mol. The summed E-state index contributed by atoms with van der Waals surface area (Å²) in [4.78, 5) is 27.7. The van der Waals surface area contributed by atoms with E-state index in [0.29, 0.717) is 32.7 Å². The predicted molar refractivity (Wildman–Crippen MR) is 91.8 cm³/mol. The minimum Gasteiger partial charge on any atom is -0.337 e. The second-order valence-corrected chi connectivity index (χ2v) is 7.57. The Morgan fingerprint density at radius 2 is 1.46 bits per heavy atom. The summed E-state index contributed by atoms with van der Waals surface area (Å²) in [6.45, 7) is 8.10. The van der Waals surface area contributed by atoms with Gasteiger partial charge in [-0.1, -0.05) is 20.8 Å². The highest BCUT2D eigenvalue weighted by Crippen LogP contribution is 2.29. The van der Waals surface area contributed by atoms with Crippen molar-refractivity contribution in [3.63, 3.8) is 0 Å². The van der Waals surface area contributed by atoms with Crippen LogP contribution in [0.3, 0.4) is 0 Å². The number of hydrogen-bond acceptors (Lipinski definition) is 2. The van der Waals surface area contributed by atoms with E-state index in [-0.39, 0.29) is 22.9 Å². The summed E-state index contributed by atoms with van der Waals surface area (Å²) < 4.78 is 37.8. The number of carbonyl (C=O) groups excluding carboxylic acids is 2. The molecule has 144 valence electrons. The second kappa shape index (κ2) is 7.55. The maximum absolute atomic E-state index is 12.6. The van der Waals surface area contributed by atoms with E-state index in [2.05, 4.69) is 5.32 Å². The van der Waals surface area contributed by atoms with Crippen molar-refractivity contribution < 1.29 is 22.8 Å². The Labute approximate surface area is 151 Å². The Hall–Kier alpha value is -2.25. The Kier molecular flexibility index (Phi) is 5.83. The van der Waals surface area contributed by atoms with Gasteiger partial charge in [0.05, 0.1) is 5.56 Å². The molecule has 1 saturated heterocycles. The lowest BCUT2D eigenvalue weighted by Crippen LogP contribution is -2.53. The van der Waals surface area contributed by atoms with Crippen molar-refractivity contribution in [2.45, 2.75) is 26.9 Å². The summed E-state index contributed by atoms with van der Waals surface area (Å²) in [6, 6.07) is 4.02. The minimum atomic E-state index is -4.42. The van der Waals surface area contributed by atoms with E-state index in [4.69, 9.17) is 0 Å². The molecule has 1 aliphatic heterocycles. The molecule has 1 aromatic carbocycles. The smallest absolute Gasteiger partial charge is 0.337 e. The van der Waals surface area contributed by atoms with Crippen molar-refractivity contribution in [2.24, 2.45) is 5.41 Å². The van der Waals surface area contributed by atoms with E-state index in [1.165, 1.54) is 12.1 Å². The number of piperazine rings is 1. The molecule has 1 aromatic rings. The molecule has 1 N–H and O–H groups in total. The summed E-state index contributed by atoms with van der Waals surface area (Å²) in [5.74, 6) is -0.325. The average molecular weight is 371 g/mol. The van der Waals surface area contributed by atoms with Crippen molar-refractivity contribution >= 4 is 11.9 Å². The zero-order chi connectivity index (χ0) is 19.5. The van der Waals surface area contributed by atoms with Crippen LogP contribution in [0.1, 0.15) is 36.7 Å². The van der Waals surface area contributed by atoms with Crippen LogP contribution < -0.4 is 5.32 Å². The molecule has 0 atom stereocenters. The third-order valence-electron chi connectivity index (χ3n) is 4.08. The highest BCUT2D eigenvalue weighted by Gasteiger charge is 2.31. The molecule has 0 aromatic heterocycles. The first-order valence-electron chi connectivity index (χ1n) is 8.47. The van der Waals surface area contributed by atoms with Crippen LogP contribution in [0.25, 0.3) is 0 Å². The number of nitrogens with one attached hydrogen (secondary N) is 1. The first-order chi connectivity index (χ1) is 12.0. The number of alkyl halides is 3. The molecule has 3 amide bonds. The number of urea groups is 1. The minimum absolute atomic E-state index is 0.0178. The first-order valence-corrected chi connectivity index (χ1v) is 8.47. The van der Waals surface area contributed by atoms with Crippen LogP contribution in [0.4, 0.5) is 18.0 Å². The van der Waals surface area contributed by atoms with E-state index in [1.54, 1.807) is 9.80 Å². The van der Waals surface area contributed by atoms with Crippen LogP contribution in [0.5, 0.6) is 0 Å². The monoisotopic (exact) mass is 371 g/mol. The Morgan fingerprint density at radius 1 is 0.962 bits per heavy atom. The summed E-state index contributed by atoms with van der Waals surface area (Å²) in [6.07, 6.45) is -4.42. The molecule has 26 heavy (non-hydrogen) atoms. The molecule has 0 spiro atoms. The lowest BCUT2D eigenvalue weighted by molar-refractivity contribution is -0.137. The molecule has 1 heterocycles. The zero-order valence-electron chi connectivity index (χ0n) is 15.2. The van der Waals surface area contributed by atoms with Crippen LogP contribution >= 0.6 is 0 Å². The van der Waals surface area contributed by atoms with E-state index >= 15 is 0 Å². The van der Waals surface area contributed by atoms with Crippen LogP contribution in [0.15, 0.2) is 24.3 Å². The van der Waals surface area contributed by atoms with Gasteiger partial charge in [0.15, 0.2) is 0 Å². The van der Waals surface area contributed by atoms with Gasteiger partial charge in [0, 0.05) is 38.3 Å². The first kappa shape index (κ1) is 20.1. The van der Waals surface area contributed by atoms with Crippen molar-refractivity contribution in [1.82, 2.24) is 15.1 Å². The van der Waals surface area contributed by atoms with Crippen molar-refractivity contribution in [3.8, 4) is 0 Å². The third kappa shape index (κ3) is 5.37. The molecule has 0 aliphatic carbocycles. The highest BCUT2D eigenvalue weighted by atomic mass is 19.4. The Bertz CT molecular complexity index is 643. The summed E-state index contributed by atoms with van der Waals surface area (Å²) in [5.41, 5.74) is -0.589. The number of nitrogens with zero attached hydrogens (tertiary/aromatic N) is 2. The van der Waals surface area contributed by atoms with Crippen molar-refractivity contribution in [1.29, 1.82) is 0 Å². The molecule has 5 nitrogen and oxygen atoms in total. The fraction of sp³-hybridized carbons (Fsp3) is 0.556. The fourth-order valence-electron chi connectivity index (χ4n) is 2.55. The van der Waals surface area contributed by atoms with E-state index in [0.717, 1.165) is 12.1 Å². The number of benzene rings is 1. The number of halogens is 3. The predicted octanol–water partition coefficient (Wildman–Crippen LogP) is 3.22. The van der Waals surface area contributed by atoms with Crippen molar-refractivity contribution in [2.75, 3.05) is 32.7 Å². The summed E-state index contributed by atoms with van der Waals surface area (Å²) in [7, 11) is 0. The van der Waals surface area contributed by atoms with Gasteiger partial charge in [-0.3, -0.25) is 4.79 Å². The number of rotatable bonds is 2. The average Bonchev–Trinajstić information content (AvgIpc) is 2.58. The molecule has 8 heteroatoms. The van der Waals surface area contributed by atoms with Crippen LogP contribution in [-0.4, -0.2) is 54.5 Å². The second-order valence-electron chi connectivity index (χ2n) is 7.57. The van der Waals surface area contributed by atoms with Crippen LogP contribution in [-0.2, 0) is 6.18 Å². The van der Waals surface area contributed by atoms with Crippen molar-refractivity contribution in [3.05, 3.63) is 35.4 Å². The van der Waals surface area contributed by atoms with E-state index < -0.39 is 11.7 Å². The largest absolute Gasteiger partial charge is 0.416 e. The van der Waals surface area contributed by atoms with E-state index in [9.17, 15) is 22.8 Å². The molecule has 0 saturated carbocycles. The van der Waals surface area contributed by atoms with Gasteiger partial charge in [-0.2, -0.15) is 13.2 Å². The molecule has 0 unspecified atom stereocenters. The molecule has 1 aliphatic rings. The molecule has 0 bridgehead atoms. The molecule has 2 rings (SSSR count). The SMILES string of the molecule is CC(C)(C)CNC(=O)N1CCN(C(=O)c2ccc(C(F)(F)F)cc2)CC1. The van der Waals surface area contributed by atoms with Gasteiger partial charge in [-0.15, -0.1) is 0 Å². The third-order valence-corrected chi connectivity index (χ3v) is 4.08. The Balaban J connectivity index is 1.89. The molecular formula is C18H24F3N3O2. The van der Waals surface area contributed by atoms with Crippen LogP contribution in [0, 0.1) is 5.41 Å². The lowest BCUT2D eigenvalue weighted by atomic mass is 9.97. The van der Waals surface area contributed by atoms with E-state index in [1.807, 2.05) is 20.8 Å². The van der Waals surface area contributed by atoms with Gasteiger partial charge >= 0.3 is 12.2 Å². The highest BCUT2D eigenvalue weighted by molar-refractivity contribution is 5.94. The number of amides is 3. The summed E-state index contributed by atoms with van der Waals surface area (Å²) in [5, 5.41) is 2.87. The van der Waals surface area contributed by atoms with Crippen LogP contribution in [0.2, 0.25) is 0 Å². The maximum atomic E-state index is 12.6. The van der Waals surface area contributed by atoms with Gasteiger partial charge in [0.1, 0.15) is 0 Å². The van der Waals surface area contributed by atoms with Gasteiger partial charge in [-0.25, -0.2) is 4.79 Å². The summed E-state index contributed by atoms with van der Waals surface area (Å²) >= 11 is 0. The quantitative estimate of drug-likeness (QED) is 0.868. The zero-order valence-corrected chi connectivity index (χ0v) is 15.2. The fourth-order valence-corrected chi connectivity index (χ4v) is 2.55. The number of hydrogen-bond donors (Lipinski definition) is 1. The topological polar surface area (TPSA) is 52.7 Å². The standard InChI is InChI=1S/C18H24F3N3O2/c1-17(2,3)12-22-16(26)24-10-8-23(9-11-24)15(25)13-4-6-14(7-5-13)18(19,20)21/h4-7H,8-12H2,1-3H3,(H,22,26).